The largest absolute Gasteiger partial charge is 0.396 e. The normalized spacial score (nSPS) is 18.6. The number of nitrogens with one attached hydrogen (secondary N) is 1. The fraction of sp³-hybridized carbons (Fsp3) is 0.933. The van der Waals surface area contributed by atoms with Gasteiger partial charge in [-0.1, -0.05) is 13.3 Å². The average Bonchev–Trinajstić information content (AvgIpc) is 2.40. The molecule has 1 saturated heterocycles. The number of nitrogens with zero attached hydrogens (tertiary/aromatic N) is 1. The number of piperidine rings is 1. The summed E-state index contributed by atoms with van der Waals surface area (Å²) in [7, 11) is 0. The van der Waals surface area contributed by atoms with Gasteiger partial charge in [-0.3, -0.25) is 4.79 Å². The van der Waals surface area contributed by atoms with E-state index in [1.165, 1.54) is 0 Å². The standard InChI is InChI=1S/C15H30N2O2/c1-4-6-15(7-9-16-10-8-15)14(19)17(13(2)3)11-5-12-18/h13,16,18H,4-12H2,1-3H3. The maximum absolute atomic E-state index is 13.0. The minimum Gasteiger partial charge on any atom is -0.396 e. The first-order chi connectivity index (χ1) is 9.07. The Hall–Kier alpha value is -0.610. The molecular formula is C15H30N2O2. The van der Waals surface area contributed by atoms with Gasteiger partial charge in [0.15, 0.2) is 0 Å². The van der Waals surface area contributed by atoms with Crippen LogP contribution in [0.15, 0.2) is 0 Å². The monoisotopic (exact) mass is 270 g/mol. The van der Waals surface area contributed by atoms with Crippen LogP contribution in [0.25, 0.3) is 0 Å². The summed E-state index contributed by atoms with van der Waals surface area (Å²) in [6.45, 7) is 9.00. The van der Waals surface area contributed by atoms with E-state index in [0.29, 0.717) is 18.9 Å². The van der Waals surface area contributed by atoms with E-state index in [9.17, 15) is 4.79 Å². The number of hydrogen-bond acceptors (Lipinski definition) is 3. The summed E-state index contributed by atoms with van der Waals surface area (Å²) < 4.78 is 0. The van der Waals surface area contributed by atoms with Crippen LogP contribution in [0.5, 0.6) is 0 Å². The highest BCUT2D eigenvalue weighted by molar-refractivity contribution is 5.83. The molecule has 0 aromatic rings. The fourth-order valence-corrected chi connectivity index (χ4v) is 3.09. The van der Waals surface area contributed by atoms with Crippen molar-refractivity contribution in [3.63, 3.8) is 0 Å². The van der Waals surface area contributed by atoms with Crippen molar-refractivity contribution >= 4 is 5.91 Å². The van der Waals surface area contributed by atoms with Crippen molar-refractivity contribution in [1.82, 2.24) is 10.2 Å². The Balaban J connectivity index is 2.82. The zero-order chi connectivity index (χ0) is 14.3. The first-order valence-corrected chi connectivity index (χ1v) is 7.70. The van der Waals surface area contributed by atoms with Crippen molar-refractivity contribution in [2.24, 2.45) is 5.41 Å². The zero-order valence-corrected chi connectivity index (χ0v) is 12.7. The van der Waals surface area contributed by atoms with Crippen LogP contribution in [0.4, 0.5) is 0 Å². The highest BCUT2D eigenvalue weighted by Gasteiger charge is 2.41. The van der Waals surface area contributed by atoms with E-state index >= 15 is 0 Å². The molecule has 0 aromatic heterocycles. The Kier molecular flexibility index (Phi) is 6.80. The molecule has 0 unspecified atom stereocenters. The fourth-order valence-electron chi connectivity index (χ4n) is 3.09. The lowest BCUT2D eigenvalue weighted by Gasteiger charge is -2.41. The van der Waals surface area contributed by atoms with Gasteiger partial charge in [0, 0.05) is 19.2 Å². The van der Waals surface area contributed by atoms with Crippen molar-refractivity contribution in [2.45, 2.75) is 58.9 Å². The number of aliphatic hydroxyl groups is 1. The third-order valence-corrected chi connectivity index (χ3v) is 4.18. The molecule has 1 rings (SSSR count). The maximum atomic E-state index is 13.0. The molecule has 4 heteroatoms. The minimum atomic E-state index is -0.167. The summed E-state index contributed by atoms with van der Waals surface area (Å²) in [4.78, 5) is 14.9. The van der Waals surface area contributed by atoms with Crippen LogP contribution in [0.2, 0.25) is 0 Å². The Labute approximate surface area is 117 Å². The Morgan fingerprint density at radius 3 is 2.47 bits per heavy atom. The molecular weight excluding hydrogens is 240 g/mol. The van der Waals surface area contributed by atoms with Crippen molar-refractivity contribution in [3.05, 3.63) is 0 Å². The Morgan fingerprint density at radius 1 is 1.37 bits per heavy atom. The highest BCUT2D eigenvalue weighted by atomic mass is 16.3. The second-order valence-corrected chi connectivity index (χ2v) is 5.95. The van der Waals surface area contributed by atoms with Gasteiger partial charge in [0.1, 0.15) is 0 Å². The van der Waals surface area contributed by atoms with Crippen LogP contribution in [0.1, 0.15) is 52.9 Å². The van der Waals surface area contributed by atoms with Crippen molar-refractivity contribution in [1.29, 1.82) is 0 Å². The topological polar surface area (TPSA) is 52.6 Å². The summed E-state index contributed by atoms with van der Waals surface area (Å²) >= 11 is 0. The molecule has 0 atom stereocenters. The zero-order valence-electron chi connectivity index (χ0n) is 12.7. The van der Waals surface area contributed by atoms with Gasteiger partial charge in [0.05, 0.1) is 5.41 Å². The molecule has 1 aliphatic rings. The van der Waals surface area contributed by atoms with Crippen LogP contribution in [0.3, 0.4) is 0 Å². The number of carbonyl (C=O) groups excluding carboxylic acids is 1. The van der Waals surface area contributed by atoms with Crippen LogP contribution in [-0.4, -0.2) is 48.2 Å². The molecule has 1 amide bonds. The molecule has 4 nitrogen and oxygen atoms in total. The number of aliphatic hydroxyl groups excluding tert-OH is 1. The van der Waals surface area contributed by atoms with Gasteiger partial charge in [-0.15, -0.1) is 0 Å². The molecule has 0 saturated carbocycles. The van der Waals surface area contributed by atoms with Crippen molar-refractivity contribution in [2.75, 3.05) is 26.2 Å². The van der Waals surface area contributed by atoms with E-state index in [-0.39, 0.29) is 18.1 Å². The van der Waals surface area contributed by atoms with Crippen LogP contribution < -0.4 is 5.32 Å². The predicted octanol–water partition coefficient (Wildman–Crippen LogP) is 1.78. The molecule has 0 bridgehead atoms. The molecule has 1 heterocycles. The average molecular weight is 270 g/mol. The Morgan fingerprint density at radius 2 is 2.00 bits per heavy atom. The van der Waals surface area contributed by atoms with Crippen molar-refractivity contribution in [3.8, 4) is 0 Å². The summed E-state index contributed by atoms with van der Waals surface area (Å²) in [5, 5.41) is 12.4. The third kappa shape index (κ3) is 4.18. The smallest absolute Gasteiger partial charge is 0.229 e. The van der Waals surface area contributed by atoms with Gasteiger partial charge in [-0.25, -0.2) is 0 Å². The first kappa shape index (κ1) is 16.4. The van der Waals surface area contributed by atoms with E-state index in [2.05, 4.69) is 26.1 Å². The van der Waals surface area contributed by atoms with Gasteiger partial charge in [0.2, 0.25) is 5.91 Å². The molecule has 0 radical (unpaired) electrons. The number of rotatable bonds is 7. The van der Waals surface area contributed by atoms with E-state index in [1.54, 1.807) is 0 Å². The predicted molar refractivity (Wildman–Crippen MR) is 78.0 cm³/mol. The van der Waals surface area contributed by atoms with Gasteiger partial charge in [-0.05, 0) is 52.6 Å². The number of carbonyl (C=O) groups is 1. The van der Waals surface area contributed by atoms with Crippen molar-refractivity contribution < 1.29 is 9.90 Å². The second-order valence-electron chi connectivity index (χ2n) is 5.95. The van der Waals surface area contributed by atoms with E-state index in [0.717, 1.165) is 38.8 Å². The molecule has 0 aromatic carbocycles. The van der Waals surface area contributed by atoms with Crippen LogP contribution >= 0.6 is 0 Å². The highest BCUT2D eigenvalue weighted by Crippen LogP contribution is 2.36. The summed E-state index contributed by atoms with van der Waals surface area (Å²) in [5.41, 5.74) is -0.167. The van der Waals surface area contributed by atoms with E-state index in [1.807, 2.05) is 4.90 Å². The summed E-state index contributed by atoms with van der Waals surface area (Å²) in [6, 6.07) is 0.211. The molecule has 112 valence electrons. The molecule has 1 fully saturated rings. The first-order valence-electron chi connectivity index (χ1n) is 7.70. The third-order valence-electron chi connectivity index (χ3n) is 4.18. The number of hydrogen-bond donors (Lipinski definition) is 2. The molecule has 1 aliphatic heterocycles. The Bertz CT molecular complexity index is 268. The van der Waals surface area contributed by atoms with Crippen LogP contribution in [-0.2, 0) is 4.79 Å². The SMILES string of the molecule is CCCC1(C(=O)N(CCCO)C(C)C)CCNCC1. The van der Waals surface area contributed by atoms with Crippen LogP contribution in [0, 0.1) is 5.41 Å². The lowest BCUT2D eigenvalue weighted by Crippen LogP contribution is -2.51. The van der Waals surface area contributed by atoms with E-state index in [4.69, 9.17) is 5.11 Å². The molecule has 0 spiro atoms. The second kappa shape index (κ2) is 7.85. The van der Waals surface area contributed by atoms with Gasteiger partial charge < -0.3 is 15.3 Å². The van der Waals surface area contributed by atoms with Gasteiger partial charge >= 0.3 is 0 Å². The maximum Gasteiger partial charge on any atom is 0.229 e. The van der Waals surface area contributed by atoms with E-state index < -0.39 is 0 Å². The number of amides is 1. The minimum absolute atomic E-state index is 0.152. The van der Waals surface area contributed by atoms with Gasteiger partial charge in [0.25, 0.3) is 0 Å². The molecule has 0 aliphatic carbocycles. The lowest BCUT2D eigenvalue weighted by atomic mass is 9.74. The lowest BCUT2D eigenvalue weighted by molar-refractivity contribution is -0.146. The molecule has 19 heavy (non-hydrogen) atoms. The quantitative estimate of drug-likeness (QED) is 0.741. The summed E-state index contributed by atoms with van der Waals surface area (Å²) in [5.74, 6) is 0.305. The van der Waals surface area contributed by atoms with Gasteiger partial charge in [-0.2, -0.15) is 0 Å². The summed E-state index contributed by atoms with van der Waals surface area (Å²) in [6.07, 6.45) is 4.60. The molecule has 2 N–H and O–H groups in total.